The molecule has 1 N–H and O–H groups in total. The Kier molecular flexibility index (Phi) is 7.58. The Morgan fingerprint density at radius 2 is 1.91 bits per heavy atom. The third kappa shape index (κ3) is 5.97. The highest BCUT2D eigenvalue weighted by molar-refractivity contribution is 5.91. The second kappa shape index (κ2) is 10.8. The van der Waals surface area contributed by atoms with E-state index in [2.05, 4.69) is 44.5 Å². The number of aromatic nitrogens is 1. The van der Waals surface area contributed by atoms with Gasteiger partial charge < -0.3 is 14.7 Å². The molecule has 172 valence electrons. The van der Waals surface area contributed by atoms with Crippen molar-refractivity contribution in [3.63, 3.8) is 0 Å². The molecule has 0 spiro atoms. The zero-order valence-corrected chi connectivity index (χ0v) is 19.0. The number of carbonyl (C=O) groups excluding carboxylic acids is 2. The number of aryl methyl sites for hydroxylation is 1. The van der Waals surface area contributed by atoms with Crippen LogP contribution in [0.5, 0.6) is 0 Å². The van der Waals surface area contributed by atoms with E-state index in [1.807, 2.05) is 6.07 Å². The highest BCUT2D eigenvalue weighted by Crippen LogP contribution is 2.32. The Morgan fingerprint density at radius 1 is 1.12 bits per heavy atom. The summed E-state index contributed by atoms with van der Waals surface area (Å²) in [7, 11) is 0. The fourth-order valence-electron chi connectivity index (χ4n) is 5.03. The number of amides is 2. The Labute approximate surface area is 190 Å². The van der Waals surface area contributed by atoms with Gasteiger partial charge in [0.15, 0.2) is 5.82 Å². The number of benzene rings is 1. The van der Waals surface area contributed by atoms with Crippen molar-refractivity contribution in [2.24, 2.45) is 11.8 Å². The monoisotopic (exact) mass is 438 g/mol. The second-order valence-electron chi connectivity index (χ2n) is 9.15. The second-order valence-corrected chi connectivity index (χ2v) is 9.15. The number of anilines is 1. The lowest BCUT2D eigenvalue weighted by Gasteiger charge is -2.36. The van der Waals surface area contributed by atoms with Gasteiger partial charge in [-0.1, -0.05) is 41.9 Å². The van der Waals surface area contributed by atoms with Crippen molar-refractivity contribution in [2.45, 2.75) is 45.4 Å². The molecule has 2 saturated heterocycles. The Bertz CT molecular complexity index is 890. The number of rotatable bonds is 7. The van der Waals surface area contributed by atoms with Crippen LogP contribution in [0, 0.1) is 18.8 Å². The zero-order valence-electron chi connectivity index (χ0n) is 19.0. The van der Waals surface area contributed by atoms with Crippen LogP contribution in [-0.2, 0) is 16.0 Å². The highest BCUT2D eigenvalue weighted by atomic mass is 16.5. The van der Waals surface area contributed by atoms with Crippen molar-refractivity contribution in [3.05, 3.63) is 47.7 Å². The molecule has 1 atom stereocenters. The largest absolute Gasteiger partial charge is 0.360 e. The fraction of sp³-hybridized carbons (Fsp3) is 0.560. The van der Waals surface area contributed by atoms with E-state index in [1.165, 1.54) is 5.56 Å². The van der Waals surface area contributed by atoms with Crippen LogP contribution in [0.3, 0.4) is 0 Å². The van der Waals surface area contributed by atoms with E-state index < -0.39 is 0 Å². The van der Waals surface area contributed by atoms with Gasteiger partial charge in [-0.15, -0.1) is 0 Å². The molecule has 7 heteroatoms. The van der Waals surface area contributed by atoms with Gasteiger partial charge in [0.2, 0.25) is 11.8 Å². The van der Waals surface area contributed by atoms with Gasteiger partial charge in [-0.25, -0.2) is 0 Å². The van der Waals surface area contributed by atoms with Crippen LogP contribution < -0.4 is 5.32 Å². The van der Waals surface area contributed by atoms with Crippen molar-refractivity contribution in [3.8, 4) is 0 Å². The molecule has 1 aromatic heterocycles. The van der Waals surface area contributed by atoms with Crippen molar-refractivity contribution in [1.82, 2.24) is 15.0 Å². The highest BCUT2D eigenvalue weighted by Gasteiger charge is 2.35. The molecule has 3 heterocycles. The van der Waals surface area contributed by atoms with Crippen LogP contribution in [0.1, 0.15) is 43.4 Å². The van der Waals surface area contributed by atoms with E-state index in [9.17, 15) is 9.59 Å². The van der Waals surface area contributed by atoms with Crippen LogP contribution >= 0.6 is 0 Å². The van der Waals surface area contributed by atoms with E-state index >= 15 is 0 Å². The first-order chi connectivity index (χ1) is 15.6. The number of hydrogen-bond acceptors (Lipinski definition) is 5. The summed E-state index contributed by atoms with van der Waals surface area (Å²) in [5.74, 6) is 1.94. The molecule has 32 heavy (non-hydrogen) atoms. The molecule has 0 bridgehead atoms. The average Bonchev–Trinajstić information content (AvgIpc) is 3.11. The maximum atomic E-state index is 13.4. The third-order valence-corrected chi connectivity index (χ3v) is 6.80. The molecule has 2 aliphatic heterocycles. The molecule has 2 aromatic rings. The molecule has 4 rings (SSSR count). The minimum atomic E-state index is -0.0746. The van der Waals surface area contributed by atoms with Gasteiger partial charge in [0.1, 0.15) is 5.76 Å². The zero-order chi connectivity index (χ0) is 22.3. The van der Waals surface area contributed by atoms with Gasteiger partial charge in [-0.3, -0.25) is 14.5 Å². The molecular formula is C25H34N4O3. The van der Waals surface area contributed by atoms with Gasteiger partial charge in [0.05, 0.1) is 6.54 Å². The van der Waals surface area contributed by atoms with Gasteiger partial charge in [0, 0.05) is 25.1 Å². The molecule has 2 amide bonds. The molecular weight excluding hydrogens is 404 g/mol. The summed E-state index contributed by atoms with van der Waals surface area (Å²) >= 11 is 0. The van der Waals surface area contributed by atoms with Crippen LogP contribution in [-0.4, -0.2) is 59.5 Å². The molecule has 7 nitrogen and oxygen atoms in total. The topological polar surface area (TPSA) is 78.7 Å². The first kappa shape index (κ1) is 22.5. The summed E-state index contributed by atoms with van der Waals surface area (Å²) in [6.45, 7) is 5.53. The molecule has 0 unspecified atom stereocenters. The fourth-order valence-corrected chi connectivity index (χ4v) is 5.03. The summed E-state index contributed by atoms with van der Waals surface area (Å²) < 4.78 is 4.99. The Hall–Kier alpha value is -2.67. The Morgan fingerprint density at radius 3 is 2.62 bits per heavy atom. The van der Waals surface area contributed by atoms with Crippen LogP contribution in [0.2, 0.25) is 0 Å². The molecule has 0 radical (unpaired) electrons. The SMILES string of the molecule is Cc1cc(NC(=O)CN2CCC([C@@H]3CCCCN(CCc4ccccc4)C3=O)CC2)no1. The van der Waals surface area contributed by atoms with E-state index in [1.54, 1.807) is 13.0 Å². The van der Waals surface area contributed by atoms with Gasteiger partial charge >= 0.3 is 0 Å². The number of carbonyl (C=O) groups is 2. The van der Waals surface area contributed by atoms with Crippen molar-refractivity contribution >= 4 is 17.6 Å². The Balaban J connectivity index is 1.26. The maximum absolute atomic E-state index is 13.4. The van der Waals surface area contributed by atoms with E-state index in [0.29, 0.717) is 29.9 Å². The van der Waals surface area contributed by atoms with E-state index in [4.69, 9.17) is 4.52 Å². The summed E-state index contributed by atoms with van der Waals surface area (Å²) in [4.78, 5) is 29.9. The standard InChI is InChI=1S/C25H34N4O3/c1-19-17-23(27-32-19)26-24(30)18-28-14-11-21(12-15-28)22-9-5-6-13-29(25(22)31)16-10-20-7-3-2-4-8-20/h2-4,7-8,17,21-22H,5-6,9-16,18H2,1H3,(H,26,27,30)/t22-/m0/s1. The minimum absolute atomic E-state index is 0.0746. The van der Waals surface area contributed by atoms with Gasteiger partial charge in [0.25, 0.3) is 0 Å². The molecule has 2 aliphatic rings. The normalized spacial score (nSPS) is 20.8. The number of nitrogens with one attached hydrogen (secondary N) is 1. The number of piperidine rings is 1. The summed E-state index contributed by atoms with van der Waals surface area (Å²) in [5, 5.41) is 6.60. The summed E-state index contributed by atoms with van der Waals surface area (Å²) in [5.41, 5.74) is 1.29. The smallest absolute Gasteiger partial charge is 0.239 e. The predicted octanol–water partition coefficient (Wildman–Crippen LogP) is 3.50. The van der Waals surface area contributed by atoms with Crippen LogP contribution in [0.15, 0.2) is 40.9 Å². The molecule has 1 aromatic carbocycles. The maximum Gasteiger partial charge on any atom is 0.239 e. The van der Waals surface area contributed by atoms with E-state index in [0.717, 1.165) is 64.7 Å². The first-order valence-corrected chi connectivity index (χ1v) is 11.9. The van der Waals surface area contributed by atoms with Crippen LogP contribution in [0.4, 0.5) is 5.82 Å². The molecule has 0 saturated carbocycles. The average molecular weight is 439 g/mol. The minimum Gasteiger partial charge on any atom is -0.360 e. The number of likely N-dealkylation sites (tertiary alicyclic amines) is 2. The van der Waals surface area contributed by atoms with Gasteiger partial charge in [-0.05, 0) is 63.6 Å². The quantitative estimate of drug-likeness (QED) is 0.716. The lowest BCUT2D eigenvalue weighted by molar-refractivity contribution is -0.137. The first-order valence-electron chi connectivity index (χ1n) is 11.9. The third-order valence-electron chi connectivity index (χ3n) is 6.80. The summed E-state index contributed by atoms with van der Waals surface area (Å²) in [6, 6.07) is 12.1. The number of nitrogens with zero attached hydrogens (tertiary/aromatic N) is 3. The molecule has 2 fully saturated rings. The summed E-state index contributed by atoms with van der Waals surface area (Å²) in [6.07, 6.45) is 6.07. The van der Waals surface area contributed by atoms with Crippen molar-refractivity contribution in [1.29, 1.82) is 0 Å². The van der Waals surface area contributed by atoms with Crippen molar-refractivity contribution in [2.75, 3.05) is 38.0 Å². The predicted molar refractivity (Wildman–Crippen MR) is 123 cm³/mol. The lowest BCUT2D eigenvalue weighted by Crippen LogP contribution is -2.44. The molecule has 0 aliphatic carbocycles. The van der Waals surface area contributed by atoms with Gasteiger partial charge in [-0.2, -0.15) is 0 Å². The lowest BCUT2D eigenvalue weighted by atomic mass is 9.81. The number of hydrogen-bond donors (Lipinski definition) is 1. The van der Waals surface area contributed by atoms with Crippen molar-refractivity contribution < 1.29 is 14.1 Å². The van der Waals surface area contributed by atoms with E-state index in [-0.39, 0.29) is 11.8 Å². The van der Waals surface area contributed by atoms with Crippen LogP contribution in [0.25, 0.3) is 0 Å².